The van der Waals surface area contributed by atoms with Crippen LogP contribution in [-0.4, -0.2) is 54.1 Å². The van der Waals surface area contributed by atoms with Crippen LogP contribution in [0.25, 0.3) is 0 Å². The predicted molar refractivity (Wildman–Crippen MR) is 73.2 cm³/mol. The summed E-state index contributed by atoms with van der Waals surface area (Å²) in [5.74, 6) is 0.809. The van der Waals surface area contributed by atoms with Crippen LogP contribution in [0.3, 0.4) is 0 Å². The zero-order chi connectivity index (χ0) is 13.7. The number of hydrogen-bond acceptors (Lipinski definition) is 6. The number of pyridine rings is 1. The Morgan fingerprint density at radius 3 is 2.58 bits per heavy atom. The third-order valence-electron chi connectivity index (χ3n) is 3.32. The maximum Gasteiger partial charge on any atom is 0.287 e. The molecular formula is C12H19N5O2. The Bertz CT molecular complexity index is 415. The molecule has 0 aromatic carbocycles. The third-order valence-corrected chi connectivity index (χ3v) is 3.32. The van der Waals surface area contributed by atoms with Gasteiger partial charge in [-0.25, -0.2) is 4.98 Å². The average molecular weight is 265 g/mol. The summed E-state index contributed by atoms with van der Waals surface area (Å²) in [4.78, 5) is 18.8. The summed E-state index contributed by atoms with van der Waals surface area (Å²) in [6.45, 7) is 5.53. The fraction of sp³-hybridized carbons (Fsp3) is 0.583. The van der Waals surface area contributed by atoms with Gasteiger partial charge in [0.05, 0.1) is 4.92 Å². The van der Waals surface area contributed by atoms with Gasteiger partial charge < -0.3 is 10.6 Å². The summed E-state index contributed by atoms with van der Waals surface area (Å²) >= 11 is 0. The number of rotatable bonds is 5. The van der Waals surface area contributed by atoms with E-state index < -0.39 is 4.92 Å². The molecule has 0 unspecified atom stereocenters. The molecule has 2 heterocycles. The van der Waals surface area contributed by atoms with Crippen LogP contribution in [0, 0.1) is 10.1 Å². The zero-order valence-corrected chi connectivity index (χ0v) is 10.9. The molecule has 7 heteroatoms. The second-order valence-corrected chi connectivity index (χ2v) is 4.60. The number of piperazine rings is 1. The highest BCUT2D eigenvalue weighted by molar-refractivity contribution is 5.43. The third kappa shape index (κ3) is 3.62. The first-order valence-corrected chi connectivity index (χ1v) is 6.48. The molecule has 0 bridgehead atoms. The van der Waals surface area contributed by atoms with E-state index in [0.29, 0.717) is 0 Å². The number of nitrogens with two attached hydrogens (primary N) is 1. The number of nitro groups is 1. The molecule has 7 nitrogen and oxygen atoms in total. The van der Waals surface area contributed by atoms with E-state index in [1.807, 2.05) is 0 Å². The highest BCUT2D eigenvalue weighted by Gasteiger charge is 2.18. The van der Waals surface area contributed by atoms with Gasteiger partial charge in [0.2, 0.25) is 0 Å². The van der Waals surface area contributed by atoms with Crippen molar-refractivity contribution >= 4 is 11.5 Å². The average Bonchev–Trinajstić information content (AvgIpc) is 2.46. The number of hydrogen-bond donors (Lipinski definition) is 1. The second kappa shape index (κ2) is 6.44. The summed E-state index contributed by atoms with van der Waals surface area (Å²) < 4.78 is 0. The van der Waals surface area contributed by atoms with Crippen molar-refractivity contribution < 1.29 is 4.92 Å². The van der Waals surface area contributed by atoms with Crippen LogP contribution in [0.5, 0.6) is 0 Å². The molecule has 0 aliphatic carbocycles. The standard InChI is InChI=1S/C12H19N5O2/c13-4-1-5-15-6-8-16(9-7-15)12-3-2-11(10-14-12)17(18)19/h2-3,10H,1,4-9,13H2. The van der Waals surface area contributed by atoms with Gasteiger partial charge in [-0.3, -0.25) is 15.0 Å². The van der Waals surface area contributed by atoms with Gasteiger partial charge in [0.1, 0.15) is 12.0 Å². The first-order valence-electron chi connectivity index (χ1n) is 6.48. The Labute approximate surface area is 112 Å². The van der Waals surface area contributed by atoms with Crippen molar-refractivity contribution in [1.29, 1.82) is 0 Å². The minimum atomic E-state index is -0.429. The summed E-state index contributed by atoms with van der Waals surface area (Å²) in [6, 6.07) is 3.22. The summed E-state index contributed by atoms with van der Waals surface area (Å²) in [6.07, 6.45) is 2.34. The molecule has 1 aliphatic rings. The molecule has 1 aliphatic heterocycles. The molecule has 0 spiro atoms. The highest BCUT2D eigenvalue weighted by Crippen LogP contribution is 2.17. The highest BCUT2D eigenvalue weighted by atomic mass is 16.6. The molecule has 0 atom stereocenters. The lowest BCUT2D eigenvalue weighted by Gasteiger charge is -2.35. The zero-order valence-electron chi connectivity index (χ0n) is 10.9. The van der Waals surface area contributed by atoms with Crippen molar-refractivity contribution in [2.24, 2.45) is 5.73 Å². The fourth-order valence-electron chi connectivity index (χ4n) is 2.19. The Hall–Kier alpha value is -1.73. The smallest absolute Gasteiger partial charge is 0.287 e. The van der Waals surface area contributed by atoms with Crippen molar-refractivity contribution in [3.63, 3.8) is 0 Å². The Kier molecular flexibility index (Phi) is 4.64. The van der Waals surface area contributed by atoms with Crippen molar-refractivity contribution in [3.8, 4) is 0 Å². The molecule has 1 aromatic heterocycles. The number of aromatic nitrogens is 1. The Morgan fingerprint density at radius 2 is 2.05 bits per heavy atom. The first-order chi connectivity index (χ1) is 9.20. The lowest BCUT2D eigenvalue weighted by Crippen LogP contribution is -2.47. The lowest BCUT2D eigenvalue weighted by molar-refractivity contribution is -0.385. The molecular weight excluding hydrogens is 246 g/mol. The van der Waals surface area contributed by atoms with Gasteiger partial charge in [-0.2, -0.15) is 0 Å². The molecule has 2 N–H and O–H groups in total. The largest absolute Gasteiger partial charge is 0.354 e. The summed E-state index contributed by atoms with van der Waals surface area (Å²) in [5, 5.41) is 10.6. The molecule has 104 valence electrons. The number of nitrogens with zero attached hydrogens (tertiary/aromatic N) is 4. The lowest BCUT2D eigenvalue weighted by atomic mass is 10.2. The van der Waals surface area contributed by atoms with Gasteiger partial charge in [-0.15, -0.1) is 0 Å². The van der Waals surface area contributed by atoms with Crippen LogP contribution in [-0.2, 0) is 0 Å². The van der Waals surface area contributed by atoms with E-state index in [0.717, 1.165) is 51.5 Å². The monoisotopic (exact) mass is 265 g/mol. The maximum atomic E-state index is 10.6. The predicted octanol–water partition coefficient (Wildman–Crippen LogP) is 0.461. The molecule has 0 saturated carbocycles. The van der Waals surface area contributed by atoms with Crippen molar-refractivity contribution in [3.05, 3.63) is 28.4 Å². The van der Waals surface area contributed by atoms with Crippen molar-refractivity contribution in [2.45, 2.75) is 6.42 Å². The van der Waals surface area contributed by atoms with E-state index in [-0.39, 0.29) is 5.69 Å². The molecule has 1 fully saturated rings. The van der Waals surface area contributed by atoms with Crippen molar-refractivity contribution in [1.82, 2.24) is 9.88 Å². The topological polar surface area (TPSA) is 88.5 Å². The van der Waals surface area contributed by atoms with Gasteiger partial charge in [0, 0.05) is 32.2 Å². The van der Waals surface area contributed by atoms with E-state index in [9.17, 15) is 10.1 Å². The summed E-state index contributed by atoms with van der Waals surface area (Å²) in [5.41, 5.74) is 5.53. The molecule has 0 radical (unpaired) electrons. The van der Waals surface area contributed by atoms with E-state index >= 15 is 0 Å². The van der Waals surface area contributed by atoms with E-state index in [1.165, 1.54) is 12.3 Å². The van der Waals surface area contributed by atoms with Crippen LogP contribution in [0.15, 0.2) is 18.3 Å². The van der Waals surface area contributed by atoms with Gasteiger partial charge >= 0.3 is 0 Å². The van der Waals surface area contributed by atoms with Gasteiger partial charge in [0.15, 0.2) is 0 Å². The Balaban J connectivity index is 1.88. The quantitative estimate of drug-likeness (QED) is 0.614. The Morgan fingerprint density at radius 1 is 1.32 bits per heavy atom. The second-order valence-electron chi connectivity index (χ2n) is 4.60. The normalized spacial score (nSPS) is 16.6. The summed E-state index contributed by atoms with van der Waals surface area (Å²) in [7, 11) is 0. The van der Waals surface area contributed by atoms with Crippen LogP contribution in [0.4, 0.5) is 11.5 Å². The first kappa shape index (κ1) is 13.7. The van der Waals surface area contributed by atoms with E-state index in [1.54, 1.807) is 6.07 Å². The van der Waals surface area contributed by atoms with Crippen LogP contribution in [0.2, 0.25) is 0 Å². The van der Waals surface area contributed by atoms with Gasteiger partial charge in [-0.05, 0) is 25.6 Å². The van der Waals surface area contributed by atoms with E-state index in [4.69, 9.17) is 5.73 Å². The van der Waals surface area contributed by atoms with Crippen LogP contribution in [0.1, 0.15) is 6.42 Å². The van der Waals surface area contributed by atoms with Crippen LogP contribution >= 0.6 is 0 Å². The SMILES string of the molecule is NCCCN1CCN(c2ccc([N+](=O)[O-])cn2)CC1. The molecule has 1 saturated heterocycles. The fourth-order valence-corrected chi connectivity index (χ4v) is 2.19. The molecule has 1 aromatic rings. The van der Waals surface area contributed by atoms with Crippen molar-refractivity contribution in [2.75, 3.05) is 44.2 Å². The molecule has 0 amide bonds. The van der Waals surface area contributed by atoms with E-state index in [2.05, 4.69) is 14.8 Å². The van der Waals surface area contributed by atoms with Crippen LogP contribution < -0.4 is 10.6 Å². The van der Waals surface area contributed by atoms with Gasteiger partial charge in [-0.1, -0.05) is 0 Å². The molecule has 2 rings (SSSR count). The van der Waals surface area contributed by atoms with Gasteiger partial charge in [0.25, 0.3) is 5.69 Å². The molecule has 19 heavy (non-hydrogen) atoms. The number of anilines is 1. The minimum Gasteiger partial charge on any atom is -0.354 e. The minimum absolute atomic E-state index is 0.0327. The maximum absolute atomic E-state index is 10.6.